The number of hydrogen-bond donors (Lipinski definition) is 1. The molecule has 2 aromatic rings. The third-order valence-electron chi connectivity index (χ3n) is 6.46. The van der Waals surface area contributed by atoms with Gasteiger partial charge in [-0.05, 0) is 81.8 Å². The van der Waals surface area contributed by atoms with Crippen molar-refractivity contribution in [1.82, 2.24) is 19.8 Å². The Morgan fingerprint density at radius 1 is 1.15 bits per heavy atom. The lowest BCUT2D eigenvalue weighted by Gasteiger charge is -2.35. The number of likely N-dealkylation sites (tertiary alicyclic amines) is 2. The smallest absolute Gasteiger partial charge is 0.236 e. The number of fused-ring (bicyclic) bond motifs is 1. The van der Waals surface area contributed by atoms with Crippen molar-refractivity contribution in [3.8, 4) is 0 Å². The number of amides is 1. The maximum Gasteiger partial charge on any atom is 0.236 e. The zero-order valence-corrected chi connectivity index (χ0v) is 16.9. The summed E-state index contributed by atoms with van der Waals surface area (Å²) in [6.07, 6.45) is 4.55. The third kappa shape index (κ3) is 4.03. The van der Waals surface area contributed by atoms with Crippen LogP contribution in [0, 0.1) is 19.8 Å². The van der Waals surface area contributed by atoms with E-state index < -0.39 is 0 Å². The molecule has 1 atom stereocenters. The van der Waals surface area contributed by atoms with Gasteiger partial charge in [-0.1, -0.05) is 6.92 Å². The van der Waals surface area contributed by atoms with Crippen molar-refractivity contribution in [3.63, 3.8) is 0 Å². The van der Waals surface area contributed by atoms with Crippen LogP contribution in [0.1, 0.15) is 55.5 Å². The monoisotopic (exact) mass is 368 g/mol. The van der Waals surface area contributed by atoms with E-state index in [2.05, 4.69) is 47.7 Å². The molecule has 0 spiro atoms. The van der Waals surface area contributed by atoms with Gasteiger partial charge in [0.25, 0.3) is 0 Å². The minimum absolute atomic E-state index is 0.315. The zero-order chi connectivity index (χ0) is 19.0. The maximum absolute atomic E-state index is 12.6. The molecule has 5 heteroatoms. The van der Waals surface area contributed by atoms with E-state index in [-0.39, 0.29) is 0 Å². The Morgan fingerprint density at radius 2 is 1.89 bits per heavy atom. The molecule has 2 fully saturated rings. The molecule has 1 aromatic carbocycles. The quantitative estimate of drug-likeness (QED) is 0.900. The van der Waals surface area contributed by atoms with Crippen LogP contribution in [0.3, 0.4) is 0 Å². The van der Waals surface area contributed by atoms with Crippen molar-refractivity contribution >= 4 is 16.9 Å². The number of nitrogens with zero attached hydrogens (tertiary/aromatic N) is 3. The predicted molar refractivity (Wildman–Crippen MR) is 109 cm³/mol. The largest absolute Gasteiger partial charge is 0.342 e. The van der Waals surface area contributed by atoms with Gasteiger partial charge in [0.2, 0.25) is 5.91 Å². The summed E-state index contributed by atoms with van der Waals surface area (Å²) in [5.41, 5.74) is 4.81. The molecule has 1 amide bonds. The Labute approximate surface area is 162 Å². The van der Waals surface area contributed by atoms with Crippen LogP contribution in [0.15, 0.2) is 12.1 Å². The summed E-state index contributed by atoms with van der Waals surface area (Å²) < 4.78 is 0. The molecule has 1 N–H and O–H groups in total. The summed E-state index contributed by atoms with van der Waals surface area (Å²) in [4.78, 5) is 25.4. The van der Waals surface area contributed by atoms with Crippen LogP contribution >= 0.6 is 0 Å². The standard InChI is InChI=1S/C22H32N4O/c1-15-5-4-8-26(13-15)21(27)14-25-9-6-18(7-10-25)22-23-19-11-16(2)17(3)12-20(19)24-22/h11-12,15,18H,4-10,13-14H2,1-3H3,(H,23,24). The number of carbonyl (C=O) groups excluding carboxylic acids is 1. The van der Waals surface area contributed by atoms with Gasteiger partial charge in [-0.15, -0.1) is 0 Å². The summed E-state index contributed by atoms with van der Waals surface area (Å²) in [5, 5.41) is 0. The molecular formula is C22H32N4O. The van der Waals surface area contributed by atoms with E-state index in [1.54, 1.807) is 0 Å². The first-order chi connectivity index (χ1) is 13.0. The fourth-order valence-corrected chi connectivity index (χ4v) is 4.55. The van der Waals surface area contributed by atoms with E-state index in [4.69, 9.17) is 4.98 Å². The second-order valence-electron chi connectivity index (χ2n) is 8.71. The fourth-order valence-electron chi connectivity index (χ4n) is 4.55. The number of carbonyl (C=O) groups is 1. The Balaban J connectivity index is 1.34. The molecule has 2 saturated heterocycles. The van der Waals surface area contributed by atoms with E-state index >= 15 is 0 Å². The maximum atomic E-state index is 12.6. The normalized spacial score (nSPS) is 22.5. The highest BCUT2D eigenvalue weighted by atomic mass is 16.2. The van der Waals surface area contributed by atoms with Gasteiger partial charge in [0.1, 0.15) is 5.82 Å². The Kier molecular flexibility index (Phi) is 5.22. The number of piperidine rings is 2. The lowest BCUT2D eigenvalue weighted by atomic mass is 9.96. The van der Waals surface area contributed by atoms with Gasteiger partial charge in [-0.2, -0.15) is 0 Å². The van der Waals surface area contributed by atoms with Crippen LogP contribution in [0.4, 0.5) is 0 Å². The van der Waals surface area contributed by atoms with Crippen LogP contribution in [0.5, 0.6) is 0 Å². The first kappa shape index (κ1) is 18.5. The van der Waals surface area contributed by atoms with Crippen LogP contribution in [0.2, 0.25) is 0 Å². The molecule has 0 aliphatic carbocycles. The number of aromatic nitrogens is 2. The summed E-state index contributed by atoms with van der Waals surface area (Å²) in [7, 11) is 0. The first-order valence-electron chi connectivity index (χ1n) is 10.5. The molecule has 2 aliphatic rings. The molecule has 1 aromatic heterocycles. The second kappa shape index (κ2) is 7.63. The molecule has 5 nitrogen and oxygen atoms in total. The lowest BCUT2D eigenvalue weighted by molar-refractivity contribution is -0.134. The topological polar surface area (TPSA) is 52.2 Å². The highest BCUT2D eigenvalue weighted by Gasteiger charge is 2.27. The van der Waals surface area contributed by atoms with Gasteiger partial charge in [0, 0.05) is 19.0 Å². The first-order valence-corrected chi connectivity index (χ1v) is 10.5. The third-order valence-corrected chi connectivity index (χ3v) is 6.46. The number of imidazole rings is 1. The average Bonchev–Trinajstić information content (AvgIpc) is 3.05. The van der Waals surface area contributed by atoms with E-state index in [1.807, 2.05) is 0 Å². The molecule has 2 aliphatic heterocycles. The van der Waals surface area contributed by atoms with Gasteiger partial charge < -0.3 is 9.88 Å². The number of nitrogens with one attached hydrogen (secondary N) is 1. The van der Waals surface area contributed by atoms with E-state index in [1.165, 1.54) is 17.5 Å². The van der Waals surface area contributed by atoms with Gasteiger partial charge in [0.05, 0.1) is 17.6 Å². The van der Waals surface area contributed by atoms with Crippen LogP contribution in [0.25, 0.3) is 11.0 Å². The second-order valence-corrected chi connectivity index (χ2v) is 8.71. The number of aromatic amines is 1. The molecule has 0 bridgehead atoms. The molecule has 0 radical (unpaired) electrons. The van der Waals surface area contributed by atoms with Crippen LogP contribution in [-0.2, 0) is 4.79 Å². The van der Waals surface area contributed by atoms with Crippen molar-refractivity contribution in [2.75, 3.05) is 32.7 Å². The van der Waals surface area contributed by atoms with E-state index in [0.29, 0.717) is 24.3 Å². The summed E-state index contributed by atoms with van der Waals surface area (Å²) in [6.45, 7) is 11.0. The molecule has 0 saturated carbocycles. The van der Waals surface area contributed by atoms with Crippen molar-refractivity contribution in [2.24, 2.45) is 5.92 Å². The fraction of sp³-hybridized carbons (Fsp3) is 0.636. The minimum atomic E-state index is 0.315. The van der Waals surface area contributed by atoms with Crippen LogP contribution < -0.4 is 0 Å². The molecular weight excluding hydrogens is 336 g/mol. The number of aryl methyl sites for hydroxylation is 2. The van der Waals surface area contributed by atoms with E-state index in [9.17, 15) is 4.79 Å². The molecule has 1 unspecified atom stereocenters. The molecule has 27 heavy (non-hydrogen) atoms. The van der Waals surface area contributed by atoms with Gasteiger partial charge in [-0.25, -0.2) is 4.98 Å². The highest BCUT2D eigenvalue weighted by molar-refractivity contribution is 5.78. The Bertz CT molecular complexity index is 780. The van der Waals surface area contributed by atoms with Crippen molar-refractivity contribution in [1.29, 1.82) is 0 Å². The molecule has 146 valence electrons. The number of rotatable bonds is 3. The Hall–Kier alpha value is -1.88. The minimum Gasteiger partial charge on any atom is -0.342 e. The predicted octanol–water partition coefficient (Wildman–Crippen LogP) is 3.62. The number of H-pyrrole nitrogens is 1. The number of benzene rings is 1. The van der Waals surface area contributed by atoms with E-state index in [0.717, 1.165) is 62.3 Å². The number of hydrogen-bond acceptors (Lipinski definition) is 3. The summed E-state index contributed by atoms with van der Waals surface area (Å²) in [6, 6.07) is 4.38. The van der Waals surface area contributed by atoms with Gasteiger partial charge in [0.15, 0.2) is 0 Å². The van der Waals surface area contributed by atoms with Crippen molar-refractivity contribution in [3.05, 3.63) is 29.1 Å². The molecule has 4 rings (SSSR count). The van der Waals surface area contributed by atoms with Crippen LogP contribution in [-0.4, -0.2) is 58.4 Å². The highest BCUT2D eigenvalue weighted by Crippen LogP contribution is 2.28. The van der Waals surface area contributed by atoms with Gasteiger partial charge >= 0.3 is 0 Å². The Morgan fingerprint density at radius 3 is 2.63 bits per heavy atom. The SMILES string of the molecule is Cc1cc2nc(C3CCN(CC(=O)N4CCCC(C)C4)CC3)[nH]c2cc1C. The van der Waals surface area contributed by atoms with Crippen molar-refractivity contribution < 1.29 is 4.79 Å². The zero-order valence-electron chi connectivity index (χ0n) is 16.9. The van der Waals surface area contributed by atoms with Gasteiger partial charge in [-0.3, -0.25) is 9.69 Å². The molecule has 3 heterocycles. The summed E-state index contributed by atoms with van der Waals surface area (Å²) >= 11 is 0. The summed E-state index contributed by atoms with van der Waals surface area (Å²) in [5.74, 6) is 2.55. The average molecular weight is 369 g/mol. The van der Waals surface area contributed by atoms with Crippen molar-refractivity contribution in [2.45, 2.75) is 52.4 Å². The lowest BCUT2D eigenvalue weighted by Crippen LogP contribution is -2.46.